The van der Waals surface area contributed by atoms with E-state index >= 15 is 0 Å². The summed E-state index contributed by atoms with van der Waals surface area (Å²) in [5.74, 6) is -1.22. The van der Waals surface area contributed by atoms with Crippen LogP contribution in [0.15, 0.2) is 24.3 Å². The van der Waals surface area contributed by atoms with Gasteiger partial charge in [-0.3, -0.25) is 14.9 Å². The minimum Gasteiger partial charge on any atom is -0.452 e. The maximum atomic E-state index is 12.3. The van der Waals surface area contributed by atoms with Crippen LogP contribution in [0.5, 0.6) is 0 Å². The van der Waals surface area contributed by atoms with Crippen molar-refractivity contribution in [3.63, 3.8) is 0 Å². The van der Waals surface area contributed by atoms with Crippen molar-refractivity contribution in [2.75, 3.05) is 11.9 Å². The van der Waals surface area contributed by atoms with Crippen molar-refractivity contribution in [3.05, 3.63) is 56.4 Å². The molecule has 0 aliphatic heterocycles. The van der Waals surface area contributed by atoms with Crippen LogP contribution < -0.4 is 5.32 Å². The molecule has 2 rings (SSSR count). The van der Waals surface area contributed by atoms with E-state index in [9.17, 15) is 19.7 Å². The highest BCUT2D eigenvalue weighted by molar-refractivity contribution is 6.32. The number of anilines is 1. The largest absolute Gasteiger partial charge is 0.452 e. The molecule has 0 bridgehead atoms. The number of nitro benzene ring substituents is 1. The second-order valence-electron chi connectivity index (χ2n) is 6.30. The third-order valence-corrected chi connectivity index (χ3v) is 4.30. The summed E-state index contributed by atoms with van der Waals surface area (Å²) in [6.07, 6.45) is 0. The summed E-state index contributed by atoms with van der Waals surface area (Å²) in [6, 6.07) is 5.78. The van der Waals surface area contributed by atoms with Crippen LogP contribution in [-0.2, 0) is 9.53 Å². The number of hydrogen-bond donors (Lipinski definition) is 1. The van der Waals surface area contributed by atoms with Crippen LogP contribution in [0.3, 0.4) is 0 Å². The highest BCUT2D eigenvalue weighted by atomic mass is 35.5. The van der Waals surface area contributed by atoms with Gasteiger partial charge in [0.1, 0.15) is 5.02 Å². The summed E-state index contributed by atoms with van der Waals surface area (Å²) >= 11 is 5.72. The van der Waals surface area contributed by atoms with Gasteiger partial charge in [-0.1, -0.05) is 11.6 Å². The molecule has 1 aromatic heterocycles. The fourth-order valence-electron chi connectivity index (χ4n) is 2.91. The topological polar surface area (TPSA) is 103 Å². The fraction of sp³-hybridized carbons (Fsp3) is 0.333. The zero-order chi connectivity index (χ0) is 20.3. The first-order valence-electron chi connectivity index (χ1n) is 8.21. The number of rotatable bonds is 6. The second-order valence-corrected chi connectivity index (χ2v) is 6.70. The number of amides is 1. The summed E-state index contributed by atoms with van der Waals surface area (Å²) in [6.45, 7) is 7.21. The molecule has 0 saturated carbocycles. The van der Waals surface area contributed by atoms with Gasteiger partial charge in [-0.15, -0.1) is 0 Å². The molecule has 1 aromatic carbocycles. The Morgan fingerprint density at radius 3 is 2.52 bits per heavy atom. The van der Waals surface area contributed by atoms with Gasteiger partial charge in [0.15, 0.2) is 6.61 Å². The predicted octanol–water partition coefficient (Wildman–Crippen LogP) is 4.04. The van der Waals surface area contributed by atoms with Gasteiger partial charge in [-0.25, -0.2) is 4.79 Å². The Morgan fingerprint density at radius 1 is 1.30 bits per heavy atom. The molecule has 0 saturated heterocycles. The Labute approximate surface area is 161 Å². The highest BCUT2D eigenvalue weighted by Crippen LogP contribution is 2.27. The number of nitrogens with zero attached hydrogens (tertiary/aromatic N) is 2. The van der Waals surface area contributed by atoms with Gasteiger partial charge in [0.05, 0.1) is 10.5 Å². The molecule has 1 amide bonds. The van der Waals surface area contributed by atoms with Gasteiger partial charge < -0.3 is 14.6 Å². The smallest absolute Gasteiger partial charge is 0.340 e. The first-order chi connectivity index (χ1) is 12.6. The van der Waals surface area contributed by atoms with Gasteiger partial charge in [0.25, 0.3) is 11.6 Å². The summed E-state index contributed by atoms with van der Waals surface area (Å²) in [4.78, 5) is 34.5. The third-order valence-electron chi connectivity index (χ3n) is 3.98. The van der Waals surface area contributed by atoms with Crippen molar-refractivity contribution in [1.82, 2.24) is 4.57 Å². The SMILES string of the molecule is Cc1cc(C(=O)OCC(=O)Nc2ccc(Cl)c([N+](=O)[O-])c2)c(C)n1C(C)C. The van der Waals surface area contributed by atoms with Gasteiger partial charge in [0.2, 0.25) is 0 Å². The van der Waals surface area contributed by atoms with Crippen molar-refractivity contribution in [2.24, 2.45) is 0 Å². The Bertz CT molecular complexity index is 905. The van der Waals surface area contributed by atoms with Crippen LogP contribution in [-0.4, -0.2) is 28.0 Å². The molecule has 1 N–H and O–H groups in total. The van der Waals surface area contributed by atoms with E-state index in [0.29, 0.717) is 5.56 Å². The lowest BCUT2D eigenvalue weighted by atomic mass is 10.2. The molecule has 0 spiro atoms. The molecule has 0 aliphatic rings. The monoisotopic (exact) mass is 393 g/mol. The van der Waals surface area contributed by atoms with E-state index in [1.54, 1.807) is 6.07 Å². The van der Waals surface area contributed by atoms with Crippen LogP contribution in [0.2, 0.25) is 5.02 Å². The Hall–Kier alpha value is -2.87. The number of carbonyl (C=O) groups excluding carboxylic acids is 2. The first kappa shape index (κ1) is 20.4. The molecule has 0 fully saturated rings. The van der Waals surface area contributed by atoms with Gasteiger partial charge >= 0.3 is 5.97 Å². The fourth-order valence-corrected chi connectivity index (χ4v) is 3.10. The van der Waals surface area contributed by atoms with E-state index in [0.717, 1.165) is 17.5 Å². The normalized spacial score (nSPS) is 10.7. The number of esters is 1. The standard InChI is InChI=1S/C18H20ClN3O5/c1-10(2)21-11(3)7-14(12(21)4)18(24)27-9-17(23)20-13-5-6-15(19)16(8-13)22(25)26/h5-8,10H,9H2,1-4H3,(H,20,23). The average molecular weight is 394 g/mol. The molecule has 2 aromatic rings. The van der Waals surface area contributed by atoms with Gasteiger partial charge in [-0.2, -0.15) is 0 Å². The van der Waals surface area contributed by atoms with E-state index in [4.69, 9.17) is 16.3 Å². The number of aryl methyl sites for hydroxylation is 1. The minimum atomic E-state index is -0.650. The molecule has 0 unspecified atom stereocenters. The third kappa shape index (κ3) is 4.65. The van der Waals surface area contributed by atoms with E-state index in [1.807, 2.05) is 32.3 Å². The summed E-state index contributed by atoms with van der Waals surface area (Å²) < 4.78 is 7.07. The number of ether oxygens (including phenoxy) is 1. The van der Waals surface area contributed by atoms with Crippen LogP contribution in [0.4, 0.5) is 11.4 Å². The molecule has 0 atom stereocenters. The van der Waals surface area contributed by atoms with Crippen molar-refractivity contribution in [2.45, 2.75) is 33.7 Å². The molecule has 144 valence electrons. The number of halogens is 1. The number of carbonyl (C=O) groups is 2. The first-order valence-corrected chi connectivity index (χ1v) is 8.59. The number of nitrogens with one attached hydrogen (secondary N) is 1. The number of nitro groups is 1. The van der Waals surface area contributed by atoms with Crippen molar-refractivity contribution < 1.29 is 19.2 Å². The quantitative estimate of drug-likeness (QED) is 0.453. The molecule has 1 heterocycles. The van der Waals surface area contributed by atoms with Crippen molar-refractivity contribution >= 4 is 34.9 Å². The van der Waals surface area contributed by atoms with E-state index in [1.165, 1.54) is 12.1 Å². The van der Waals surface area contributed by atoms with Crippen LogP contribution in [0, 0.1) is 24.0 Å². The Kier molecular flexibility index (Phi) is 6.22. The zero-order valence-electron chi connectivity index (χ0n) is 15.4. The maximum Gasteiger partial charge on any atom is 0.340 e. The number of hydrogen-bond acceptors (Lipinski definition) is 5. The lowest BCUT2D eigenvalue weighted by Crippen LogP contribution is -2.21. The molecule has 8 nitrogen and oxygen atoms in total. The molecular formula is C18H20ClN3O5. The molecule has 0 radical (unpaired) electrons. The van der Waals surface area contributed by atoms with Crippen LogP contribution in [0.25, 0.3) is 0 Å². The van der Waals surface area contributed by atoms with Crippen molar-refractivity contribution in [3.8, 4) is 0 Å². The summed E-state index contributed by atoms with van der Waals surface area (Å²) in [5.41, 5.74) is 1.95. The Morgan fingerprint density at radius 2 is 1.96 bits per heavy atom. The second kappa shape index (κ2) is 8.22. The highest BCUT2D eigenvalue weighted by Gasteiger charge is 2.19. The zero-order valence-corrected chi connectivity index (χ0v) is 16.2. The van der Waals surface area contributed by atoms with Crippen molar-refractivity contribution in [1.29, 1.82) is 0 Å². The molecule has 27 heavy (non-hydrogen) atoms. The Balaban J connectivity index is 2.02. The van der Waals surface area contributed by atoms with E-state index in [2.05, 4.69) is 5.32 Å². The predicted molar refractivity (Wildman–Crippen MR) is 101 cm³/mol. The lowest BCUT2D eigenvalue weighted by Gasteiger charge is -2.13. The maximum absolute atomic E-state index is 12.3. The number of benzene rings is 1. The van der Waals surface area contributed by atoms with Crippen LogP contribution >= 0.6 is 11.6 Å². The molecular weight excluding hydrogens is 374 g/mol. The van der Waals surface area contributed by atoms with E-state index in [-0.39, 0.29) is 22.4 Å². The summed E-state index contributed by atoms with van der Waals surface area (Å²) in [7, 11) is 0. The van der Waals surface area contributed by atoms with E-state index < -0.39 is 23.4 Å². The average Bonchev–Trinajstić information content (AvgIpc) is 2.88. The minimum absolute atomic E-state index is 0.0371. The number of aromatic nitrogens is 1. The summed E-state index contributed by atoms with van der Waals surface area (Å²) in [5, 5.41) is 13.3. The molecule has 9 heteroatoms. The van der Waals surface area contributed by atoms with Gasteiger partial charge in [-0.05, 0) is 45.9 Å². The lowest BCUT2D eigenvalue weighted by molar-refractivity contribution is -0.384. The molecule has 0 aliphatic carbocycles. The van der Waals surface area contributed by atoms with Crippen LogP contribution in [0.1, 0.15) is 41.6 Å². The van der Waals surface area contributed by atoms with Gasteiger partial charge in [0, 0.05) is 29.2 Å².